The van der Waals surface area contributed by atoms with Crippen molar-refractivity contribution in [1.82, 2.24) is 0 Å². The standard InChI is InChI=1S/C26H32NO4.C7H6/c1-27(2,15-14-20-12-13-21-8-4-5-9-22(21)16-20)18-24(28)19-31-25-11-7-6-10-23(25)17-26(29)30-3;1-2-6-4-7(3-1)5-6/h4-13,16,24,28H,14-15,17-19H2,1-3H3;1-4H,5H2/q+1;. The van der Waals surface area contributed by atoms with Gasteiger partial charge in [-0.05, 0) is 39.9 Å². The van der Waals surface area contributed by atoms with Crippen LogP contribution in [-0.4, -0.2) is 62.6 Å². The average molecular weight is 513 g/mol. The van der Waals surface area contributed by atoms with Crippen molar-refractivity contribution >= 4 is 16.7 Å². The Kier molecular flexibility index (Phi) is 9.16. The summed E-state index contributed by atoms with van der Waals surface area (Å²) in [4.78, 5) is 11.6. The summed E-state index contributed by atoms with van der Waals surface area (Å²) in [5.74, 6) is 0.288. The number of ether oxygens (including phenoxy) is 2. The monoisotopic (exact) mass is 512 g/mol. The van der Waals surface area contributed by atoms with Gasteiger partial charge in [-0.3, -0.25) is 4.79 Å². The molecule has 2 aliphatic rings. The predicted octanol–water partition coefficient (Wildman–Crippen LogP) is 5.20. The maximum atomic E-state index is 11.6. The lowest BCUT2D eigenvalue weighted by Gasteiger charge is -2.32. The number of fused-ring (bicyclic) bond motifs is 3. The van der Waals surface area contributed by atoms with Gasteiger partial charge >= 0.3 is 5.97 Å². The van der Waals surface area contributed by atoms with Gasteiger partial charge in [0.25, 0.3) is 0 Å². The molecule has 0 aromatic heterocycles. The molecule has 0 heterocycles. The third kappa shape index (κ3) is 7.91. The summed E-state index contributed by atoms with van der Waals surface area (Å²) in [5, 5.41) is 13.1. The normalized spacial score (nSPS) is 12.6. The van der Waals surface area contributed by atoms with Crippen LogP contribution in [0.25, 0.3) is 10.8 Å². The van der Waals surface area contributed by atoms with Crippen LogP contribution in [0, 0.1) is 0 Å². The number of aliphatic hydroxyl groups is 1. The van der Waals surface area contributed by atoms with E-state index in [1.54, 1.807) is 0 Å². The van der Waals surface area contributed by atoms with E-state index in [9.17, 15) is 9.90 Å². The Morgan fingerprint density at radius 2 is 1.58 bits per heavy atom. The number of carbonyl (C=O) groups excluding carboxylic acids is 1. The second-order valence-electron chi connectivity index (χ2n) is 10.6. The molecule has 0 amide bonds. The van der Waals surface area contributed by atoms with Crippen LogP contribution in [0.15, 0.2) is 91.0 Å². The highest BCUT2D eigenvalue weighted by atomic mass is 16.5. The van der Waals surface area contributed by atoms with Crippen LogP contribution >= 0.6 is 0 Å². The summed E-state index contributed by atoms with van der Waals surface area (Å²) in [5.41, 5.74) is 5.02. The van der Waals surface area contributed by atoms with E-state index in [1.165, 1.54) is 41.0 Å². The molecule has 1 N–H and O–H groups in total. The van der Waals surface area contributed by atoms with E-state index in [0.717, 1.165) is 18.5 Å². The van der Waals surface area contributed by atoms with Crippen LogP contribution in [-0.2, 0) is 28.8 Å². The minimum absolute atomic E-state index is 0.149. The Morgan fingerprint density at radius 1 is 0.895 bits per heavy atom. The number of para-hydroxylation sites is 1. The van der Waals surface area contributed by atoms with Crippen molar-refractivity contribution in [3.63, 3.8) is 0 Å². The first-order valence-corrected chi connectivity index (χ1v) is 13.1. The zero-order valence-electron chi connectivity index (χ0n) is 22.6. The molecule has 2 aliphatic carbocycles. The van der Waals surface area contributed by atoms with Crippen LogP contribution in [0.2, 0.25) is 0 Å². The Balaban J connectivity index is 0.000000408. The van der Waals surface area contributed by atoms with Gasteiger partial charge in [-0.2, -0.15) is 0 Å². The van der Waals surface area contributed by atoms with E-state index in [4.69, 9.17) is 9.47 Å². The van der Waals surface area contributed by atoms with Crippen LogP contribution < -0.4 is 4.74 Å². The summed E-state index contributed by atoms with van der Waals surface area (Å²) in [6.45, 7) is 1.66. The van der Waals surface area contributed by atoms with E-state index < -0.39 is 6.10 Å². The molecule has 1 atom stereocenters. The SMILES string of the molecule is COC(=O)Cc1ccccc1OCC(O)C[N+](C)(C)CCc1ccc2ccccc2c1.c1cc2cc(c1)C2. The number of nitrogens with zero attached hydrogens (tertiary/aromatic N) is 1. The zero-order chi connectivity index (χ0) is 27.0. The second kappa shape index (κ2) is 12.7. The molecule has 0 radical (unpaired) electrons. The Hall–Kier alpha value is -3.67. The van der Waals surface area contributed by atoms with Gasteiger partial charge in [-0.15, -0.1) is 0 Å². The third-order valence-electron chi connectivity index (χ3n) is 6.89. The van der Waals surface area contributed by atoms with Gasteiger partial charge in [0.2, 0.25) is 0 Å². The summed E-state index contributed by atoms with van der Waals surface area (Å²) >= 11 is 0. The van der Waals surface area contributed by atoms with E-state index in [1.807, 2.05) is 24.3 Å². The number of hydrogen-bond acceptors (Lipinski definition) is 4. The van der Waals surface area contributed by atoms with Crippen molar-refractivity contribution < 1.29 is 23.9 Å². The molecule has 4 aromatic rings. The first kappa shape index (κ1) is 27.4. The van der Waals surface area contributed by atoms with Gasteiger partial charge < -0.3 is 19.1 Å². The highest BCUT2D eigenvalue weighted by molar-refractivity contribution is 5.83. The van der Waals surface area contributed by atoms with Crippen LogP contribution in [0.4, 0.5) is 0 Å². The van der Waals surface area contributed by atoms with E-state index in [-0.39, 0.29) is 19.0 Å². The second-order valence-corrected chi connectivity index (χ2v) is 10.6. The molecule has 5 heteroatoms. The predicted molar refractivity (Wildman–Crippen MR) is 152 cm³/mol. The lowest BCUT2D eigenvalue weighted by Crippen LogP contribution is -2.48. The summed E-state index contributed by atoms with van der Waals surface area (Å²) in [6, 6.07) is 31.0. The van der Waals surface area contributed by atoms with Gasteiger partial charge in [0, 0.05) is 12.0 Å². The average Bonchev–Trinajstić information content (AvgIpc) is 2.91. The van der Waals surface area contributed by atoms with Crippen LogP contribution in [0.1, 0.15) is 22.3 Å². The molecule has 0 saturated heterocycles. The number of esters is 1. The fourth-order valence-electron chi connectivity index (χ4n) is 4.70. The fourth-order valence-corrected chi connectivity index (χ4v) is 4.70. The van der Waals surface area contributed by atoms with Crippen molar-refractivity contribution in [3.8, 4) is 5.75 Å². The van der Waals surface area contributed by atoms with Gasteiger partial charge in [0.1, 0.15) is 25.0 Å². The summed E-state index contributed by atoms with van der Waals surface area (Å²) in [7, 11) is 5.61. The highest BCUT2D eigenvalue weighted by Gasteiger charge is 2.21. The summed E-state index contributed by atoms with van der Waals surface area (Å²) in [6.07, 6.45) is 1.69. The van der Waals surface area contributed by atoms with E-state index >= 15 is 0 Å². The van der Waals surface area contributed by atoms with Crippen molar-refractivity contribution in [3.05, 3.63) is 113 Å². The molecule has 0 fully saturated rings. The quantitative estimate of drug-likeness (QED) is 0.206. The Labute approximate surface area is 225 Å². The number of hydrogen-bond donors (Lipinski definition) is 1. The van der Waals surface area contributed by atoms with Crippen LogP contribution in [0.5, 0.6) is 5.75 Å². The molecule has 38 heavy (non-hydrogen) atoms. The number of rotatable bonds is 10. The largest absolute Gasteiger partial charge is 0.490 e. The maximum absolute atomic E-state index is 11.6. The number of aliphatic hydroxyl groups excluding tert-OH is 1. The fraction of sp³-hybridized carbons (Fsp3) is 0.303. The third-order valence-corrected chi connectivity index (χ3v) is 6.89. The molecule has 0 spiro atoms. The first-order chi connectivity index (χ1) is 18.3. The van der Waals surface area contributed by atoms with Crippen molar-refractivity contribution in [2.45, 2.75) is 25.4 Å². The van der Waals surface area contributed by atoms with E-state index in [2.05, 4.69) is 80.8 Å². The number of methoxy groups -OCH3 is 1. The van der Waals surface area contributed by atoms with Gasteiger partial charge in [-0.25, -0.2) is 0 Å². The molecular formula is C33H38NO4+. The van der Waals surface area contributed by atoms with Crippen LogP contribution in [0.3, 0.4) is 0 Å². The number of likely N-dealkylation sites (N-methyl/N-ethyl adjacent to an activating group) is 1. The van der Waals surface area contributed by atoms with Gasteiger partial charge in [0.15, 0.2) is 0 Å². The lowest BCUT2D eigenvalue weighted by atomic mass is 9.94. The topological polar surface area (TPSA) is 55.8 Å². The minimum Gasteiger partial charge on any atom is -0.490 e. The lowest BCUT2D eigenvalue weighted by molar-refractivity contribution is -0.893. The smallest absolute Gasteiger partial charge is 0.310 e. The maximum Gasteiger partial charge on any atom is 0.310 e. The molecule has 4 aromatic carbocycles. The molecule has 1 unspecified atom stereocenters. The van der Waals surface area contributed by atoms with Crippen molar-refractivity contribution in [2.24, 2.45) is 0 Å². The highest BCUT2D eigenvalue weighted by Crippen LogP contribution is 2.20. The first-order valence-electron chi connectivity index (χ1n) is 13.1. The van der Waals surface area contributed by atoms with Crippen molar-refractivity contribution in [1.29, 1.82) is 0 Å². The molecule has 5 nitrogen and oxygen atoms in total. The molecule has 2 bridgehead atoms. The zero-order valence-corrected chi connectivity index (χ0v) is 22.6. The Morgan fingerprint density at radius 3 is 2.24 bits per heavy atom. The molecular weight excluding hydrogens is 474 g/mol. The minimum atomic E-state index is -0.613. The number of benzene rings is 4. The van der Waals surface area contributed by atoms with E-state index in [0.29, 0.717) is 16.8 Å². The molecule has 198 valence electrons. The van der Waals surface area contributed by atoms with Gasteiger partial charge in [-0.1, -0.05) is 84.9 Å². The summed E-state index contributed by atoms with van der Waals surface area (Å²) < 4.78 is 11.3. The molecule has 0 saturated carbocycles. The van der Waals surface area contributed by atoms with Gasteiger partial charge in [0.05, 0.1) is 34.2 Å². The molecule has 6 rings (SSSR count). The number of carbonyl (C=O) groups is 1. The van der Waals surface area contributed by atoms with Crippen molar-refractivity contribution in [2.75, 3.05) is 40.9 Å². The number of quaternary nitrogens is 1. The Bertz CT molecular complexity index is 1340. The molecule has 0 aliphatic heterocycles.